The molecule has 0 unspecified atom stereocenters. The molecule has 2 heterocycles. The molecule has 0 saturated carbocycles. The van der Waals surface area contributed by atoms with E-state index in [2.05, 4.69) is 31.3 Å². The summed E-state index contributed by atoms with van der Waals surface area (Å²) in [7, 11) is 4.47. The molecular weight excluding hydrogens is 392 g/mol. The van der Waals surface area contributed by atoms with E-state index in [4.69, 9.17) is 14.2 Å². The molecule has 1 N–H and O–H groups in total. The van der Waals surface area contributed by atoms with Crippen LogP contribution in [0.5, 0.6) is 11.5 Å². The van der Waals surface area contributed by atoms with Crippen molar-refractivity contribution < 1.29 is 19.0 Å². The Labute approximate surface area is 152 Å². The Hall–Kier alpha value is -2.55. The van der Waals surface area contributed by atoms with Crippen LogP contribution in [0.1, 0.15) is 18.5 Å². The Morgan fingerprint density at radius 3 is 2.68 bits per heavy atom. The van der Waals surface area contributed by atoms with Crippen LogP contribution in [0.4, 0.5) is 5.95 Å². The van der Waals surface area contributed by atoms with Crippen molar-refractivity contribution in [1.82, 2.24) is 14.8 Å². The Morgan fingerprint density at radius 2 is 2.04 bits per heavy atom. The van der Waals surface area contributed by atoms with Crippen LogP contribution in [0.15, 0.2) is 34.2 Å². The molecule has 0 amide bonds. The number of anilines is 1. The molecular formula is C16H17BrN4O4. The predicted molar refractivity (Wildman–Crippen MR) is 93.7 cm³/mol. The highest BCUT2D eigenvalue weighted by Gasteiger charge is 2.34. The highest BCUT2D eigenvalue weighted by Crippen LogP contribution is 2.42. The maximum atomic E-state index is 12.4. The third kappa shape index (κ3) is 2.84. The zero-order chi connectivity index (χ0) is 18.1. The average Bonchev–Trinajstić information content (AvgIpc) is 3.06. The summed E-state index contributed by atoms with van der Waals surface area (Å²) in [4.78, 5) is 16.6. The van der Waals surface area contributed by atoms with Gasteiger partial charge in [0.25, 0.3) is 0 Å². The van der Waals surface area contributed by atoms with E-state index in [1.165, 1.54) is 13.4 Å². The van der Waals surface area contributed by atoms with Gasteiger partial charge < -0.3 is 19.5 Å². The lowest BCUT2D eigenvalue weighted by molar-refractivity contribution is -0.136. The maximum Gasteiger partial charge on any atom is 0.338 e. The summed E-state index contributed by atoms with van der Waals surface area (Å²) in [5.74, 6) is 1.20. The number of carbonyl (C=O) groups is 1. The predicted octanol–water partition coefficient (Wildman–Crippen LogP) is 2.52. The largest absolute Gasteiger partial charge is 0.493 e. The van der Waals surface area contributed by atoms with E-state index in [1.807, 2.05) is 6.07 Å². The fourth-order valence-corrected chi connectivity index (χ4v) is 3.49. The van der Waals surface area contributed by atoms with Crippen molar-refractivity contribution in [2.75, 3.05) is 26.6 Å². The number of esters is 1. The van der Waals surface area contributed by atoms with Crippen LogP contribution in [-0.4, -0.2) is 42.1 Å². The Kier molecular flexibility index (Phi) is 4.67. The number of fused-ring (bicyclic) bond motifs is 1. The summed E-state index contributed by atoms with van der Waals surface area (Å²) in [5.41, 5.74) is 1.88. The number of nitrogens with zero attached hydrogens (tertiary/aromatic N) is 3. The zero-order valence-corrected chi connectivity index (χ0v) is 15.7. The van der Waals surface area contributed by atoms with Crippen LogP contribution in [0, 0.1) is 0 Å². The number of methoxy groups -OCH3 is 3. The SMILES string of the molecule is COC(=O)C1=C(C)Nc2ncnn2[C@@H]1c1cc(Br)c(OC)c(OC)c1. The number of rotatable bonds is 4. The van der Waals surface area contributed by atoms with Crippen molar-refractivity contribution in [3.05, 3.63) is 39.8 Å². The molecule has 1 aliphatic heterocycles. The third-order valence-corrected chi connectivity index (χ3v) is 4.56. The van der Waals surface area contributed by atoms with Crippen LogP contribution >= 0.6 is 15.9 Å². The van der Waals surface area contributed by atoms with E-state index in [0.717, 1.165) is 5.56 Å². The van der Waals surface area contributed by atoms with Gasteiger partial charge in [0.15, 0.2) is 11.5 Å². The molecule has 0 saturated heterocycles. The molecule has 9 heteroatoms. The van der Waals surface area contributed by atoms with Gasteiger partial charge in [-0.1, -0.05) is 0 Å². The van der Waals surface area contributed by atoms with E-state index in [0.29, 0.717) is 33.2 Å². The number of hydrogen-bond acceptors (Lipinski definition) is 7. The first-order valence-corrected chi connectivity index (χ1v) is 8.18. The second kappa shape index (κ2) is 6.75. The lowest BCUT2D eigenvalue weighted by Crippen LogP contribution is -2.29. The standard InChI is InChI=1S/C16H17BrN4O4/c1-8-12(15(22)25-4)13(21-16(20-8)18-7-19-21)9-5-10(17)14(24-3)11(6-9)23-2/h5-7,13H,1-4H3,(H,18,19,20)/t13-/m1/s1. The number of aromatic nitrogens is 3. The van der Waals surface area contributed by atoms with E-state index in [1.54, 1.807) is 31.9 Å². The van der Waals surface area contributed by atoms with Gasteiger partial charge in [0, 0.05) is 5.70 Å². The monoisotopic (exact) mass is 408 g/mol. The molecule has 8 nitrogen and oxygen atoms in total. The minimum Gasteiger partial charge on any atom is -0.493 e. The zero-order valence-electron chi connectivity index (χ0n) is 14.2. The van der Waals surface area contributed by atoms with Crippen molar-refractivity contribution in [3.63, 3.8) is 0 Å². The Morgan fingerprint density at radius 1 is 1.28 bits per heavy atom. The smallest absolute Gasteiger partial charge is 0.338 e. The van der Waals surface area contributed by atoms with Gasteiger partial charge >= 0.3 is 5.97 Å². The minimum absolute atomic E-state index is 0.443. The van der Waals surface area contributed by atoms with Gasteiger partial charge in [-0.05, 0) is 40.5 Å². The first kappa shape index (κ1) is 17.3. The van der Waals surface area contributed by atoms with E-state index >= 15 is 0 Å². The molecule has 0 radical (unpaired) electrons. The molecule has 2 aromatic rings. The maximum absolute atomic E-state index is 12.4. The molecule has 0 aliphatic carbocycles. The second-order valence-corrected chi connectivity index (χ2v) is 6.18. The fraction of sp³-hybridized carbons (Fsp3) is 0.312. The lowest BCUT2D eigenvalue weighted by Gasteiger charge is -2.28. The third-order valence-electron chi connectivity index (χ3n) is 3.97. The summed E-state index contributed by atoms with van der Waals surface area (Å²) in [6.45, 7) is 1.80. The van der Waals surface area contributed by atoms with Crippen LogP contribution in [0.3, 0.4) is 0 Å². The van der Waals surface area contributed by atoms with Crippen molar-refractivity contribution in [2.45, 2.75) is 13.0 Å². The highest BCUT2D eigenvalue weighted by atomic mass is 79.9. The molecule has 0 spiro atoms. The van der Waals surface area contributed by atoms with Crippen LogP contribution in [-0.2, 0) is 9.53 Å². The van der Waals surface area contributed by atoms with E-state index < -0.39 is 12.0 Å². The van der Waals surface area contributed by atoms with Gasteiger partial charge in [-0.15, -0.1) is 0 Å². The Bertz CT molecular complexity index is 862. The number of benzene rings is 1. The van der Waals surface area contributed by atoms with Crippen LogP contribution in [0.25, 0.3) is 0 Å². The molecule has 1 aromatic carbocycles. The quantitative estimate of drug-likeness (QED) is 0.777. The van der Waals surface area contributed by atoms with Crippen molar-refractivity contribution >= 4 is 27.8 Å². The van der Waals surface area contributed by atoms with Gasteiger partial charge in [0.1, 0.15) is 12.4 Å². The highest BCUT2D eigenvalue weighted by molar-refractivity contribution is 9.10. The van der Waals surface area contributed by atoms with Crippen molar-refractivity contribution in [1.29, 1.82) is 0 Å². The number of halogens is 1. The summed E-state index contributed by atoms with van der Waals surface area (Å²) in [6, 6.07) is 3.16. The molecule has 0 bridgehead atoms. The summed E-state index contributed by atoms with van der Waals surface area (Å²) in [6.07, 6.45) is 1.43. The summed E-state index contributed by atoms with van der Waals surface area (Å²) in [5, 5.41) is 7.33. The number of ether oxygens (including phenoxy) is 3. The Balaban J connectivity index is 2.23. The van der Waals surface area contributed by atoms with E-state index in [-0.39, 0.29) is 0 Å². The van der Waals surface area contributed by atoms with E-state index in [9.17, 15) is 4.79 Å². The van der Waals surface area contributed by atoms with Gasteiger partial charge in [-0.25, -0.2) is 9.48 Å². The topological polar surface area (TPSA) is 87.5 Å². The fourth-order valence-electron chi connectivity index (χ4n) is 2.87. The van der Waals surface area contributed by atoms with Gasteiger partial charge in [-0.3, -0.25) is 0 Å². The minimum atomic E-state index is -0.512. The first-order valence-electron chi connectivity index (χ1n) is 7.38. The van der Waals surface area contributed by atoms with Gasteiger partial charge in [-0.2, -0.15) is 10.1 Å². The van der Waals surface area contributed by atoms with Gasteiger partial charge in [0.2, 0.25) is 5.95 Å². The first-order chi connectivity index (χ1) is 12.0. The normalized spacial score (nSPS) is 16.1. The van der Waals surface area contributed by atoms with Crippen LogP contribution in [0.2, 0.25) is 0 Å². The number of carbonyl (C=O) groups excluding carboxylic acids is 1. The molecule has 3 rings (SSSR count). The molecule has 1 aromatic heterocycles. The van der Waals surface area contributed by atoms with Crippen LogP contribution < -0.4 is 14.8 Å². The number of allylic oxidation sites excluding steroid dienone is 1. The van der Waals surface area contributed by atoms with Gasteiger partial charge in [0.05, 0.1) is 31.4 Å². The average molecular weight is 409 g/mol. The summed E-state index contributed by atoms with van der Waals surface area (Å²) < 4.78 is 18.1. The summed E-state index contributed by atoms with van der Waals surface area (Å²) >= 11 is 3.49. The number of nitrogens with one attached hydrogen (secondary N) is 1. The molecule has 1 aliphatic rings. The second-order valence-electron chi connectivity index (χ2n) is 5.32. The number of hydrogen-bond donors (Lipinski definition) is 1. The molecule has 0 fully saturated rings. The molecule has 132 valence electrons. The lowest BCUT2D eigenvalue weighted by atomic mass is 9.95. The van der Waals surface area contributed by atoms with Crippen molar-refractivity contribution in [3.8, 4) is 11.5 Å². The van der Waals surface area contributed by atoms with Crippen molar-refractivity contribution in [2.24, 2.45) is 0 Å². The molecule has 1 atom stereocenters. The molecule has 25 heavy (non-hydrogen) atoms.